The quantitative estimate of drug-likeness (QED) is 0.223. The first-order valence-corrected chi connectivity index (χ1v) is 16.2. The lowest BCUT2D eigenvalue weighted by Gasteiger charge is -2.24. The van der Waals surface area contributed by atoms with Crippen LogP contribution in [-0.4, -0.2) is 12.0 Å². The van der Waals surface area contributed by atoms with Gasteiger partial charge in [-0.15, -0.1) is 66.5 Å². The van der Waals surface area contributed by atoms with Gasteiger partial charge in [0.15, 0.2) is 0 Å². The molecule has 1 atom stereocenters. The average Bonchev–Trinajstić information content (AvgIpc) is 2.12. The van der Waals surface area contributed by atoms with Gasteiger partial charge in [-0.1, -0.05) is 39.0 Å². The molecule has 0 saturated carbocycles. The van der Waals surface area contributed by atoms with E-state index in [1.54, 1.807) is 0 Å². The Hall–Kier alpha value is 2.17. The summed E-state index contributed by atoms with van der Waals surface area (Å²) in [4.78, 5) is 0. The van der Waals surface area contributed by atoms with Crippen LogP contribution in [0.3, 0.4) is 0 Å². The number of hydrogen-bond donors (Lipinski definition) is 0. The van der Waals surface area contributed by atoms with E-state index in [0.29, 0.717) is 6.04 Å². The van der Waals surface area contributed by atoms with Crippen molar-refractivity contribution in [3.63, 3.8) is 0 Å². The van der Waals surface area contributed by atoms with Crippen molar-refractivity contribution in [2.75, 3.05) is 0 Å². The molecule has 0 rings (SSSR count). The van der Waals surface area contributed by atoms with E-state index < -0.39 is 12.0 Å². The fourth-order valence-electron chi connectivity index (χ4n) is 1.66. The summed E-state index contributed by atoms with van der Waals surface area (Å²) >= 11 is 35.9. The van der Waals surface area contributed by atoms with E-state index in [1.807, 2.05) is 0 Å². The summed E-state index contributed by atoms with van der Waals surface area (Å²) in [5.74, 6) is 0. The third-order valence-electron chi connectivity index (χ3n) is 2.60. The number of rotatable bonds is 9. The zero-order chi connectivity index (χ0) is 13.5. The van der Waals surface area contributed by atoms with Crippen LogP contribution in [0.25, 0.3) is 0 Å². The first kappa shape index (κ1) is 19.2. The Morgan fingerprint density at radius 3 is 1.76 bits per heavy atom. The first-order chi connectivity index (χ1) is 7.67. The summed E-state index contributed by atoms with van der Waals surface area (Å²) in [6, 6.07) is -5.01. The monoisotopic (exact) mass is 392 g/mol. The van der Waals surface area contributed by atoms with Crippen molar-refractivity contribution >= 4 is 78.5 Å². The van der Waals surface area contributed by atoms with Gasteiger partial charge in [-0.3, -0.25) is 0 Å². The Morgan fingerprint density at radius 1 is 0.824 bits per heavy atom. The van der Waals surface area contributed by atoms with Crippen molar-refractivity contribution < 1.29 is 0 Å². The lowest BCUT2D eigenvalue weighted by molar-refractivity contribution is 0.599. The summed E-state index contributed by atoms with van der Waals surface area (Å²) in [7, 11) is 0. The average molecular weight is 395 g/mol. The summed E-state index contributed by atoms with van der Waals surface area (Å²) in [6.07, 6.45) is 6.81. The fraction of sp³-hybridized carbons (Fsp3) is 1.00. The minimum Gasteiger partial charge on any atom is -0.126 e. The highest BCUT2D eigenvalue weighted by Crippen LogP contribution is 2.45. The van der Waals surface area contributed by atoms with Gasteiger partial charge < -0.3 is 0 Å². The van der Waals surface area contributed by atoms with Gasteiger partial charge in [0.2, 0.25) is 0 Å². The van der Waals surface area contributed by atoms with Crippen molar-refractivity contribution in [1.29, 1.82) is 0 Å². The Morgan fingerprint density at radius 2 is 1.35 bits per heavy atom. The zero-order valence-electron chi connectivity index (χ0n) is 9.79. The molecule has 0 radical (unpaired) electrons. The molecular formula is C9H18Cl6Si2. The van der Waals surface area contributed by atoms with Crippen molar-refractivity contribution in [3.8, 4) is 0 Å². The largest absolute Gasteiger partial charge is 0.344 e. The van der Waals surface area contributed by atoms with Crippen LogP contribution in [0.2, 0.25) is 11.6 Å². The molecule has 0 aromatic heterocycles. The van der Waals surface area contributed by atoms with Crippen molar-refractivity contribution in [1.82, 2.24) is 0 Å². The second-order valence-corrected chi connectivity index (χ2v) is 22.5. The van der Waals surface area contributed by atoms with E-state index in [-0.39, 0.29) is 5.54 Å². The summed E-state index contributed by atoms with van der Waals surface area (Å²) in [5.41, 5.74) is -0.0201. The predicted molar refractivity (Wildman–Crippen MR) is 88.6 cm³/mol. The minimum absolute atomic E-state index is 0.0201. The van der Waals surface area contributed by atoms with Crippen LogP contribution < -0.4 is 0 Å². The maximum atomic E-state index is 6.06. The van der Waals surface area contributed by atoms with Gasteiger partial charge in [0.25, 0.3) is 0 Å². The molecule has 0 spiro atoms. The number of unbranched alkanes of at least 4 members (excludes halogenated alkanes) is 4. The Labute approximate surface area is 134 Å². The maximum Gasteiger partial charge on any atom is 0.344 e. The third kappa shape index (κ3) is 11.7. The van der Waals surface area contributed by atoms with Gasteiger partial charge in [-0.25, -0.2) is 0 Å². The van der Waals surface area contributed by atoms with Crippen LogP contribution in [0.5, 0.6) is 0 Å². The molecule has 0 nitrogen and oxygen atoms in total. The fourth-order valence-corrected chi connectivity index (χ4v) is 10.7. The molecule has 0 aromatic carbocycles. The highest BCUT2D eigenvalue weighted by atomic mass is 35.8. The van der Waals surface area contributed by atoms with Crippen LogP contribution in [0.4, 0.5) is 0 Å². The normalized spacial score (nSPS) is 15.0. The SMILES string of the molecule is CCCCCCCC(C[Si](Cl)(Cl)Cl)[Si](Cl)(Cl)Cl. The molecule has 0 heterocycles. The van der Waals surface area contributed by atoms with Crippen molar-refractivity contribution in [2.24, 2.45) is 0 Å². The molecule has 17 heavy (non-hydrogen) atoms. The van der Waals surface area contributed by atoms with Gasteiger partial charge in [0.1, 0.15) is 0 Å². The van der Waals surface area contributed by atoms with Crippen LogP contribution in [0, 0.1) is 0 Å². The van der Waals surface area contributed by atoms with Gasteiger partial charge in [-0.05, 0) is 18.0 Å². The molecule has 0 fully saturated rings. The van der Waals surface area contributed by atoms with Gasteiger partial charge >= 0.3 is 12.0 Å². The zero-order valence-corrected chi connectivity index (χ0v) is 16.3. The topological polar surface area (TPSA) is 0 Å². The minimum atomic E-state index is -2.77. The van der Waals surface area contributed by atoms with E-state index in [9.17, 15) is 0 Å². The molecule has 0 N–H and O–H groups in total. The van der Waals surface area contributed by atoms with Gasteiger partial charge in [-0.2, -0.15) is 0 Å². The summed E-state index contributed by atoms with van der Waals surface area (Å²) in [5, 5.41) is 0. The van der Waals surface area contributed by atoms with Crippen LogP contribution in [0.15, 0.2) is 0 Å². The standard InChI is InChI=1S/C9H18Cl6Si2/c1-2-3-4-5-6-7-9(17(13,14)15)8-16(10,11)12/h9H,2-8H2,1H3. The van der Waals surface area contributed by atoms with Crippen molar-refractivity contribution in [2.45, 2.75) is 57.0 Å². The van der Waals surface area contributed by atoms with Crippen LogP contribution in [0.1, 0.15) is 45.4 Å². The van der Waals surface area contributed by atoms with E-state index in [4.69, 9.17) is 66.5 Å². The van der Waals surface area contributed by atoms with E-state index in [1.165, 1.54) is 25.7 Å². The smallest absolute Gasteiger partial charge is 0.126 e. The van der Waals surface area contributed by atoms with Crippen LogP contribution >= 0.6 is 66.5 Å². The van der Waals surface area contributed by atoms with E-state index >= 15 is 0 Å². The highest BCUT2D eigenvalue weighted by Gasteiger charge is 2.42. The van der Waals surface area contributed by atoms with E-state index in [0.717, 1.165) is 12.8 Å². The van der Waals surface area contributed by atoms with Gasteiger partial charge in [0.05, 0.1) is 0 Å². The predicted octanol–water partition coefficient (Wildman–Crippen LogP) is 7.03. The molecule has 0 aromatic rings. The number of halogens is 6. The molecule has 0 saturated heterocycles. The molecule has 0 aliphatic rings. The molecule has 0 amide bonds. The van der Waals surface area contributed by atoms with E-state index in [2.05, 4.69) is 6.92 Å². The Balaban J connectivity index is 4.05. The summed E-state index contributed by atoms with van der Waals surface area (Å²) in [6.45, 7) is 2.19. The van der Waals surface area contributed by atoms with Crippen molar-refractivity contribution in [3.05, 3.63) is 0 Å². The first-order valence-electron chi connectivity index (χ1n) is 5.80. The molecular weight excluding hydrogens is 377 g/mol. The molecule has 0 aliphatic heterocycles. The Bertz CT molecular complexity index is 201. The maximum absolute atomic E-state index is 6.06. The second-order valence-electron chi connectivity index (χ2n) is 4.26. The molecule has 104 valence electrons. The molecule has 0 bridgehead atoms. The lowest BCUT2D eigenvalue weighted by atomic mass is 10.1. The van der Waals surface area contributed by atoms with Gasteiger partial charge in [0, 0.05) is 0 Å². The highest BCUT2D eigenvalue weighted by molar-refractivity contribution is 7.67. The summed E-state index contributed by atoms with van der Waals surface area (Å²) < 4.78 is 0. The Kier molecular flexibility index (Phi) is 10.3. The second kappa shape index (κ2) is 9.17. The lowest BCUT2D eigenvalue weighted by Crippen LogP contribution is -2.25. The third-order valence-corrected chi connectivity index (χ3v) is 9.55. The molecule has 1 unspecified atom stereocenters. The number of hydrogen-bond acceptors (Lipinski definition) is 0. The molecule has 0 aliphatic carbocycles. The molecule has 8 heteroatoms. The van der Waals surface area contributed by atoms with Crippen LogP contribution in [-0.2, 0) is 0 Å².